The number of nitrogens with zero attached hydrogens (tertiary/aromatic N) is 3. The summed E-state index contributed by atoms with van der Waals surface area (Å²) in [6.07, 6.45) is 1.57. The van der Waals surface area contributed by atoms with Crippen molar-refractivity contribution in [3.05, 3.63) is 42.6 Å². The van der Waals surface area contributed by atoms with Crippen molar-refractivity contribution in [3.8, 4) is 11.5 Å². The number of hydrogen-bond acceptors (Lipinski definition) is 7. The Morgan fingerprint density at radius 1 is 1.00 bits per heavy atom. The van der Waals surface area contributed by atoms with Crippen LogP contribution in [0.3, 0.4) is 0 Å². The fourth-order valence-corrected chi connectivity index (χ4v) is 5.48. The van der Waals surface area contributed by atoms with Crippen LogP contribution in [0.1, 0.15) is 0 Å². The molecule has 2 aromatic rings. The van der Waals surface area contributed by atoms with Crippen molar-refractivity contribution in [2.45, 2.75) is 17.0 Å². The molecule has 5 rings (SSSR count). The van der Waals surface area contributed by atoms with E-state index >= 15 is 0 Å². The van der Waals surface area contributed by atoms with Gasteiger partial charge in [0.25, 0.3) is 0 Å². The Labute approximate surface area is 163 Å². The van der Waals surface area contributed by atoms with Crippen molar-refractivity contribution in [2.75, 3.05) is 44.4 Å². The minimum atomic E-state index is -3.67. The van der Waals surface area contributed by atoms with Gasteiger partial charge >= 0.3 is 0 Å². The molecule has 0 saturated carbocycles. The molecule has 1 aromatic heterocycles. The standard InChI is InChI=1S/C19H21N3O5S/c23-28(24,14-4-5-16-17(11-14)27-10-9-26-16)21-12-15-18(13-21)25-8-7-22(15)19-3-1-2-6-20-19/h1-6,11,15,18H,7-10,12-13H2/t15-,18-/m0/s1. The first-order valence-electron chi connectivity index (χ1n) is 9.32. The zero-order valence-corrected chi connectivity index (χ0v) is 16.0. The maximum absolute atomic E-state index is 13.2. The Morgan fingerprint density at radius 3 is 2.68 bits per heavy atom. The van der Waals surface area contributed by atoms with Crippen LogP contribution >= 0.6 is 0 Å². The number of pyridine rings is 1. The normalized spacial score (nSPS) is 24.8. The van der Waals surface area contributed by atoms with E-state index in [9.17, 15) is 8.42 Å². The maximum Gasteiger partial charge on any atom is 0.243 e. The van der Waals surface area contributed by atoms with Crippen LogP contribution in [0.4, 0.5) is 5.82 Å². The second-order valence-electron chi connectivity index (χ2n) is 6.99. The summed E-state index contributed by atoms with van der Waals surface area (Å²) < 4.78 is 44.9. The van der Waals surface area contributed by atoms with E-state index < -0.39 is 10.0 Å². The van der Waals surface area contributed by atoms with Gasteiger partial charge in [-0.3, -0.25) is 0 Å². The first kappa shape index (κ1) is 17.7. The Morgan fingerprint density at radius 2 is 1.86 bits per heavy atom. The number of benzene rings is 1. The number of ether oxygens (including phenoxy) is 3. The third-order valence-electron chi connectivity index (χ3n) is 5.36. The van der Waals surface area contributed by atoms with E-state index in [1.54, 1.807) is 24.4 Å². The largest absolute Gasteiger partial charge is 0.486 e. The topological polar surface area (TPSA) is 81.2 Å². The van der Waals surface area contributed by atoms with Crippen LogP contribution in [0.15, 0.2) is 47.5 Å². The second kappa shape index (κ2) is 6.91. The van der Waals surface area contributed by atoms with Gasteiger partial charge in [-0.2, -0.15) is 4.31 Å². The van der Waals surface area contributed by atoms with Crippen LogP contribution in [0.5, 0.6) is 11.5 Å². The van der Waals surface area contributed by atoms with E-state index in [1.165, 1.54) is 4.31 Å². The molecule has 0 radical (unpaired) electrons. The Kier molecular flexibility index (Phi) is 4.37. The van der Waals surface area contributed by atoms with Crippen molar-refractivity contribution in [2.24, 2.45) is 0 Å². The van der Waals surface area contributed by atoms with Gasteiger partial charge in [-0.25, -0.2) is 13.4 Å². The van der Waals surface area contributed by atoms with Crippen LogP contribution in [0.25, 0.3) is 0 Å². The third-order valence-corrected chi connectivity index (χ3v) is 7.19. The SMILES string of the molecule is O=S(=O)(c1ccc2c(c1)OCCO2)N1C[C@@H]2OCCN(c3ccccn3)[C@H]2C1. The molecule has 2 saturated heterocycles. The average molecular weight is 403 g/mol. The number of morpholine rings is 1. The smallest absolute Gasteiger partial charge is 0.243 e. The molecule has 4 heterocycles. The van der Waals surface area contributed by atoms with Crippen LogP contribution in [-0.4, -0.2) is 69.3 Å². The lowest BCUT2D eigenvalue weighted by Gasteiger charge is -2.37. The fourth-order valence-electron chi connectivity index (χ4n) is 3.99. The number of anilines is 1. The van der Waals surface area contributed by atoms with E-state index in [2.05, 4.69) is 9.88 Å². The van der Waals surface area contributed by atoms with Gasteiger partial charge < -0.3 is 19.1 Å². The lowest BCUT2D eigenvalue weighted by molar-refractivity contribution is 0.0328. The zero-order chi connectivity index (χ0) is 19.1. The molecule has 148 valence electrons. The van der Waals surface area contributed by atoms with Crippen molar-refractivity contribution in [1.82, 2.24) is 9.29 Å². The lowest BCUT2D eigenvalue weighted by atomic mass is 10.1. The summed E-state index contributed by atoms with van der Waals surface area (Å²) >= 11 is 0. The highest BCUT2D eigenvalue weighted by molar-refractivity contribution is 7.89. The number of aromatic nitrogens is 1. The molecular formula is C19H21N3O5S. The minimum Gasteiger partial charge on any atom is -0.486 e. The molecule has 1 aromatic carbocycles. The molecule has 0 N–H and O–H groups in total. The highest BCUT2D eigenvalue weighted by atomic mass is 32.2. The van der Waals surface area contributed by atoms with E-state index in [1.807, 2.05) is 18.2 Å². The van der Waals surface area contributed by atoms with Crippen LogP contribution < -0.4 is 14.4 Å². The summed E-state index contributed by atoms with van der Waals surface area (Å²) in [5.41, 5.74) is 0. The van der Waals surface area contributed by atoms with Crippen molar-refractivity contribution < 1.29 is 22.6 Å². The van der Waals surface area contributed by atoms with Gasteiger partial charge in [0.05, 0.1) is 23.6 Å². The summed E-state index contributed by atoms with van der Waals surface area (Å²) in [5.74, 6) is 1.89. The van der Waals surface area contributed by atoms with Crippen molar-refractivity contribution >= 4 is 15.8 Å². The number of sulfonamides is 1. The Hall–Kier alpha value is -2.36. The van der Waals surface area contributed by atoms with Crippen molar-refractivity contribution in [1.29, 1.82) is 0 Å². The van der Waals surface area contributed by atoms with Gasteiger partial charge in [-0.15, -0.1) is 0 Å². The first-order valence-corrected chi connectivity index (χ1v) is 10.8. The van der Waals surface area contributed by atoms with Crippen LogP contribution in [0, 0.1) is 0 Å². The Bertz CT molecular complexity index is 969. The average Bonchev–Trinajstić information content (AvgIpc) is 3.19. The third kappa shape index (κ3) is 2.99. The second-order valence-corrected chi connectivity index (χ2v) is 8.92. The lowest BCUT2D eigenvalue weighted by Crippen LogP contribution is -2.51. The molecule has 8 nitrogen and oxygen atoms in total. The Balaban J connectivity index is 1.41. The molecule has 2 fully saturated rings. The first-order chi connectivity index (χ1) is 13.6. The van der Waals surface area contributed by atoms with E-state index in [0.717, 1.165) is 5.82 Å². The van der Waals surface area contributed by atoms with Gasteiger partial charge in [0.15, 0.2) is 11.5 Å². The fraction of sp³-hybridized carbons (Fsp3) is 0.421. The molecule has 0 amide bonds. The number of hydrogen-bond donors (Lipinski definition) is 0. The summed E-state index contributed by atoms with van der Waals surface area (Å²) in [7, 11) is -3.67. The summed E-state index contributed by atoms with van der Waals surface area (Å²) in [6.45, 7) is 2.81. The molecule has 3 aliphatic heterocycles. The summed E-state index contributed by atoms with van der Waals surface area (Å²) in [4.78, 5) is 6.78. The van der Waals surface area contributed by atoms with Crippen LogP contribution in [0.2, 0.25) is 0 Å². The number of rotatable bonds is 3. The molecule has 3 aliphatic rings. The maximum atomic E-state index is 13.2. The molecule has 28 heavy (non-hydrogen) atoms. The highest BCUT2D eigenvalue weighted by Crippen LogP contribution is 2.35. The molecule has 0 spiro atoms. The molecule has 0 unspecified atom stereocenters. The van der Waals surface area contributed by atoms with Crippen LogP contribution in [-0.2, 0) is 14.8 Å². The van der Waals surface area contributed by atoms with Gasteiger partial charge in [-0.05, 0) is 24.3 Å². The summed E-state index contributed by atoms with van der Waals surface area (Å²) in [6, 6.07) is 10.5. The highest BCUT2D eigenvalue weighted by Gasteiger charge is 2.45. The quantitative estimate of drug-likeness (QED) is 0.760. The minimum absolute atomic E-state index is 0.0596. The van der Waals surface area contributed by atoms with Gasteiger partial charge in [0.2, 0.25) is 10.0 Å². The molecule has 0 aliphatic carbocycles. The molecule has 0 bridgehead atoms. The predicted molar refractivity (Wildman–Crippen MR) is 101 cm³/mol. The van der Waals surface area contributed by atoms with Crippen molar-refractivity contribution in [3.63, 3.8) is 0 Å². The monoisotopic (exact) mass is 403 g/mol. The molecular weight excluding hydrogens is 382 g/mol. The van der Waals surface area contributed by atoms with E-state index in [0.29, 0.717) is 51.0 Å². The zero-order valence-electron chi connectivity index (χ0n) is 15.2. The molecule has 9 heteroatoms. The van der Waals surface area contributed by atoms with E-state index in [-0.39, 0.29) is 17.0 Å². The summed E-state index contributed by atoms with van der Waals surface area (Å²) in [5, 5.41) is 0. The van der Waals surface area contributed by atoms with Gasteiger partial charge in [0.1, 0.15) is 19.0 Å². The van der Waals surface area contributed by atoms with Gasteiger partial charge in [0, 0.05) is 31.9 Å². The molecule has 2 atom stereocenters. The van der Waals surface area contributed by atoms with Gasteiger partial charge in [-0.1, -0.05) is 6.07 Å². The van der Waals surface area contributed by atoms with E-state index in [4.69, 9.17) is 14.2 Å². The number of fused-ring (bicyclic) bond motifs is 2. The predicted octanol–water partition coefficient (Wildman–Crippen LogP) is 1.13.